The van der Waals surface area contributed by atoms with Crippen LogP contribution < -0.4 is 10.6 Å². The van der Waals surface area contributed by atoms with Crippen LogP contribution in [0.25, 0.3) is 0 Å². The highest BCUT2D eigenvalue weighted by Crippen LogP contribution is 2.26. The van der Waals surface area contributed by atoms with Crippen LogP contribution in [0.1, 0.15) is 26.5 Å². The molecule has 0 spiro atoms. The minimum atomic E-state index is -0.867. The number of amides is 1. The van der Waals surface area contributed by atoms with Crippen LogP contribution >= 0.6 is 23.1 Å². The third-order valence-corrected chi connectivity index (χ3v) is 5.53. The van der Waals surface area contributed by atoms with Gasteiger partial charge in [-0.1, -0.05) is 36.9 Å². The molecule has 0 radical (unpaired) electrons. The van der Waals surface area contributed by atoms with Crippen LogP contribution in [0.2, 0.25) is 0 Å². The van der Waals surface area contributed by atoms with Crippen molar-refractivity contribution in [2.75, 3.05) is 11.1 Å². The molecule has 0 aliphatic rings. The van der Waals surface area contributed by atoms with Crippen molar-refractivity contribution >= 4 is 34.1 Å². The van der Waals surface area contributed by atoms with Crippen LogP contribution in [0.15, 0.2) is 27.2 Å². The smallest absolute Gasteiger partial charge is 0.231 e. The van der Waals surface area contributed by atoms with E-state index in [1.807, 2.05) is 26.0 Å². The number of aromatic nitrogens is 2. The maximum Gasteiger partial charge on any atom is 0.231 e. The molecule has 0 aliphatic heterocycles. The molecule has 0 unspecified atom stereocenters. The molecular weight excluding hydrogens is 346 g/mol. The van der Waals surface area contributed by atoms with Gasteiger partial charge in [0, 0.05) is 0 Å². The molecule has 2 heterocycles. The second kappa shape index (κ2) is 8.17. The fraction of sp³-hybridized carbons (Fsp3) is 0.467. The van der Waals surface area contributed by atoms with Crippen LogP contribution in [0.5, 0.6) is 0 Å². The predicted molar refractivity (Wildman–Crippen MR) is 93.7 cm³/mol. The summed E-state index contributed by atoms with van der Waals surface area (Å²) in [5.41, 5.74) is -0.867. The number of carbonyl (C=O) groups is 1. The number of thioether (sulfide) groups is 1. The van der Waals surface area contributed by atoms with E-state index in [2.05, 4.69) is 26.9 Å². The summed E-state index contributed by atoms with van der Waals surface area (Å²) in [6.45, 7) is 6.06. The van der Waals surface area contributed by atoms with Crippen molar-refractivity contribution in [3.63, 3.8) is 0 Å². The molecule has 0 aromatic carbocycles. The van der Waals surface area contributed by atoms with E-state index in [1.54, 1.807) is 13.2 Å². The summed E-state index contributed by atoms with van der Waals surface area (Å²) in [7, 11) is 0. The van der Waals surface area contributed by atoms with Gasteiger partial charge in [-0.25, -0.2) is 0 Å². The zero-order valence-electron chi connectivity index (χ0n) is 13.7. The summed E-state index contributed by atoms with van der Waals surface area (Å²) in [5, 5.41) is 23.8. The molecule has 2 N–H and O–H groups in total. The van der Waals surface area contributed by atoms with Gasteiger partial charge in [0.15, 0.2) is 4.34 Å². The molecule has 1 amide bonds. The Labute approximate surface area is 148 Å². The van der Waals surface area contributed by atoms with Crippen molar-refractivity contribution in [1.82, 2.24) is 15.5 Å². The van der Waals surface area contributed by atoms with E-state index in [-0.39, 0.29) is 17.6 Å². The van der Waals surface area contributed by atoms with E-state index in [4.69, 9.17) is 4.42 Å². The second-order valence-corrected chi connectivity index (χ2v) is 7.81. The Hall–Kier alpha value is -2.05. The first-order valence-electron chi connectivity index (χ1n) is 7.38. The van der Waals surface area contributed by atoms with Gasteiger partial charge in [-0.2, -0.15) is 5.26 Å². The van der Waals surface area contributed by atoms with E-state index >= 15 is 0 Å². The van der Waals surface area contributed by atoms with Gasteiger partial charge in [-0.05, 0) is 25.0 Å². The largest absolute Gasteiger partial charge is 0.467 e. The van der Waals surface area contributed by atoms with Crippen molar-refractivity contribution < 1.29 is 9.21 Å². The Morgan fingerprint density at radius 2 is 2.33 bits per heavy atom. The highest BCUT2D eigenvalue weighted by Gasteiger charge is 2.29. The predicted octanol–water partition coefficient (Wildman–Crippen LogP) is 2.89. The van der Waals surface area contributed by atoms with Gasteiger partial charge in [-0.15, -0.1) is 10.2 Å². The van der Waals surface area contributed by atoms with Crippen molar-refractivity contribution in [1.29, 1.82) is 5.26 Å². The summed E-state index contributed by atoms with van der Waals surface area (Å²) in [4.78, 5) is 12.0. The van der Waals surface area contributed by atoms with Gasteiger partial charge in [0.1, 0.15) is 11.3 Å². The summed E-state index contributed by atoms with van der Waals surface area (Å²) in [5.74, 6) is 0.827. The minimum absolute atomic E-state index is 0.0235. The quantitative estimate of drug-likeness (QED) is 0.693. The number of nitrogens with zero attached hydrogens (tertiary/aromatic N) is 3. The van der Waals surface area contributed by atoms with Gasteiger partial charge in [0.25, 0.3) is 0 Å². The van der Waals surface area contributed by atoms with E-state index in [9.17, 15) is 10.1 Å². The average Bonchev–Trinajstić information content (AvgIpc) is 3.22. The monoisotopic (exact) mass is 365 g/mol. The SMILES string of the molecule is CC(C)[C@@](C)(C#N)NC(=O)CSc1nnc(NCc2ccco2)s1. The lowest BCUT2D eigenvalue weighted by molar-refractivity contribution is -0.120. The molecule has 0 saturated carbocycles. The highest BCUT2D eigenvalue weighted by molar-refractivity contribution is 8.01. The Balaban J connectivity index is 1.80. The van der Waals surface area contributed by atoms with Crippen molar-refractivity contribution in [3.05, 3.63) is 24.2 Å². The number of rotatable bonds is 8. The number of carbonyl (C=O) groups excluding carboxylic acids is 1. The third-order valence-electron chi connectivity index (χ3n) is 3.51. The van der Waals surface area contributed by atoms with Gasteiger partial charge < -0.3 is 15.1 Å². The summed E-state index contributed by atoms with van der Waals surface area (Å²) >= 11 is 2.67. The number of anilines is 1. The third kappa shape index (κ3) is 4.97. The number of furan rings is 1. The Morgan fingerprint density at radius 3 is 2.96 bits per heavy atom. The molecule has 7 nitrogen and oxygen atoms in total. The summed E-state index contributed by atoms with van der Waals surface area (Å²) in [6.07, 6.45) is 1.61. The zero-order chi connectivity index (χ0) is 17.6. The first-order valence-corrected chi connectivity index (χ1v) is 9.18. The number of hydrogen-bond acceptors (Lipinski definition) is 8. The molecule has 0 fully saturated rings. The van der Waals surface area contributed by atoms with E-state index in [0.29, 0.717) is 16.0 Å². The molecular formula is C15H19N5O2S2. The minimum Gasteiger partial charge on any atom is -0.467 e. The first-order chi connectivity index (χ1) is 11.4. The van der Waals surface area contributed by atoms with Crippen molar-refractivity contribution in [2.24, 2.45) is 5.92 Å². The standard InChI is InChI=1S/C15H19N5O2S2/c1-10(2)15(3,9-16)18-12(21)8-23-14-20-19-13(24-14)17-7-11-5-4-6-22-11/h4-6,10H,7-8H2,1-3H3,(H,17,19)(H,18,21)/t15-/m1/s1. The van der Waals surface area contributed by atoms with Crippen LogP contribution in [0.4, 0.5) is 5.13 Å². The molecule has 2 aromatic heterocycles. The first kappa shape index (κ1) is 18.3. The molecule has 2 rings (SSSR count). The van der Waals surface area contributed by atoms with E-state index in [1.165, 1.54) is 23.1 Å². The lowest BCUT2D eigenvalue weighted by Gasteiger charge is -2.27. The lowest BCUT2D eigenvalue weighted by atomic mass is 9.90. The van der Waals surface area contributed by atoms with Gasteiger partial charge >= 0.3 is 0 Å². The number of hydrogen-bond donors (Lipinski definition) is 2. The van der Waals surface area contributed by atoms with Crippen LogP contribution in [0.3, 0.4) is 0 Å². The van der Waals surface area contributed by atoms with Crippen LogP contribution in [0, 0.1) is 17.2 Å². The van der Waals surface area contributed by atoms with Crippen molar-refractivity contribution in [2.45, 2.75) is 37.2 Å². The Morgan fingerprint density at radius 1 is 1.54 bits per heavy atom. The van der Waals surface area contributed by atoms with E-state index in [0.717, 1.165) is 5.76 Å². The van der Waals surface area contributed by atoms with Gasteiger partial charge in [0.05, 0.1) is 24.6 Å². The lowest BCUT2D eigenvalue weighted by Crippen LogP contribution is -2.49. The summed E-state index contributed by atoms with van der Waals surface area (Å²) in [6, 6.07) is 5.85. The molecule has 128 valence electrons. The molecule has 0 bridgehead atoms. The molecule has 1 atom stereocenters. The fourth-order valence-corrected chi connectivity index (χ4v) is 3.22. The Bertz CT molecular complexity index is 708. The van der Waals surface area contributed by atoms with Gasteiger partial charge in [-0.3, -0.25) is 4.79 Å². The maximum atomic E-state index is 12.0. The fourth-order valence-electron chi connectivity index (χ4n) is 1.67. The Kier molecular flexibility index (Phi) is 6.23. The average molecular weight is 365 g/mol. The highest BCUT2D eigenvalue weighted by atomic mass is 32.2. The van der Waals surface area contributed by atoms with Crippen molar-refractivity contribution in [3.8, 4) is 6.07 Å². The van der Waals surface area contributed by atoms with Crippen LogP contribution in [-0.2, 0) is 11.3 Å². The topological polar surface area (TPSA) is 104 Å². The maximum absolute atomic E-state index is 12.0. The normalized spacial score (nSPS) is 13.3. The number of nitriles is 1. The van der Waals surface area contributed by atoms with E-state index < -0.39 is 5.54 Å². The zero-order valence-corrected chi connectivity index (χ0v) is 15.3. The summed E-state index contributed by atoms with van der Waals surface area (Å²) < 4.78 is 5.92. The second-order valence-electron chi connectivity index (χ2n) is 5.61. The molecule has 24 heavy (non-hydrogen) atoms. The van der Waals surface area contributed by atoms with Crippen LogP contribution in [-0.4, -0.2) is 27.4 Å². The number of nitrogens with one attached hydrogen (secondary N) is 2. The molecule has 2 aromatic rings. The molecule has 0 aliphatic carbocycles. The van der Waals surface area contributed by atoms with Gasteiger partial charge in [0.2, 0.25) is 11.0 Å². The molecule has 9 heteroatoms. The molecule has 0 saturated heterocycles.